The summed E-state index contributed by atoms with van der Waals surface area (Å²) in [4.78, 5) is 27.1. The highest BCUT2D eigenvalue weighted by molar-refractivity contribution is 5.78. The van der Waals surface area contributed by atoms with Gasteiger partial charge in [0.2, 0.25) is 5.91 Å². The molecule has 1 aromatic rings. The van der Waals surface area contributed by atoms with Crippen LogP contribution >= 0.6 is 0 Å². The second-order valence-corrected chi connectivity index (χ2v) is 8.17. The van der Waals surface area contributed by atoms with Gasteiger partial charge in [-0.15, -0.1) is 0 Å². The minimum Gasteiger partial charge on any atom is -0.492 e. The van der Waals surface area contributed by atoms with E-state index in [9.17, 15) is 18.0 Å². The smallest absolute Gasteiger partial charge is 0.490 e. The Hall–Kier alpha value is -2.40. The highest BCUT2D eigenvalue weighted by atomic mass is 19.4. The predicted octanol–water partition coefficient (Wildman–Crippen LogP) is 2.67. The first-order chi connectivity index (χ1) is 15.2. The Morgan fingerprint density at radius 3 is 2.53 bits per heavy atom. The SMILES string of the molecule is O=C(COC1CCCC1)N1CC2(C1)OCCC2COc1cccnc1.O=C(O)C(F)(F)F. The van der Waals surface area contributed by atoms with E-state index in [1.807, 2.05) is 17.0 Å². The van der Waals surface area contributed by atoms with Crippen molar-refractivity contribution in [2.45, 2.75) is 50.0 Å². The van der Waals surface area contributed by atoms with Gasteiger partial charge in [0.25, 0.3) is 0 Å². The van der Waals surface area contributed by atoms with E-state index in [0.717, 1.165) is 31.6 Å². The second kappa shape index (κ2) is 10.5. The number of hydrogen-bond acceptors (Lipinski definition) is 6. The normalized spacial score (nSPS) is 22.2. The summed E-state index contributed by atoms with van der Waals surface area (Å²) in [6, 6.07) is 3.77. The van der Waals surface area contributed by atoms with E-state index in [4.69, 9.17) is 24.1 Å². The summed E-state index contributed by atoms with van der Waals surface area (Å²) < 4.78 is 49.3. The average Bonchev–Trinajstić information content (AvgIpc) is 3.39. The number of hydrogen-bond donors (Lipinski definition) is 1. The number of amides is 1. The number of nitrogens with zero attached hydrogens (tertiary/aromatic N) is 2. The molecule has 32 heavy (non-hydrogen) atoms. The fourth-order valence-electron chi connectivity index (χ4n) is 4.11. The number of carbonyl (C=O) groups is 2. The summed E-state index contributed by atoms with van der Waals surface area (Å²) in [7, 11) is 0. The van der Waals surface area contributed by atoms with Crippen molar-refractivity contribution >= 4 is 11.9 Å². The molecule has 1 N–H and O–H groups in total. The van der Waals surface area contributed by atoms with E-state index in [2.05, 4.69) is 4.98 Å². The third-order valence-electron chi connectivity index (χ3n) is 5.94. The Balaban J connectivity index is 0.000000360. The van der Waals surface area contributed by atoms with Crippen molar-refractivity contribution in [1.29, 1.82) is 0 Å². The first-order valence-electron chi connectivity index (χ1n) is 10.6. The zero-order valence-electron chi connectivity index (χ0n) is 17.6. The van der Waals surface area contributed by atoms with E-state index in [-0.39, 0.29) is 24.2 Å². The predicted molar refractivity (Wildman–Crippen MR) is 105 cm³/mol. The van der Waals surface area contributed by atoms with E-state index in [1.54, 1.807) is 12.4 Å². The highest BCUT2D eigenvalue weighted by Gasteiger charge is 2.54. The zero-order valence-corrected chi connectivity index (χ0v) is 17.6. The molecule has 0 aromatic carbocycles. The van der Waals surface area contributed by atoms with Crippen molar-refractivity contribution in [3.05, 3.63) is 24.5 Å². The lowest BCUT2D eigenvalue weighted by Gasteiger charge is -2.50. The van der Waals surface area contributed by atoms with E-state index in [0.29, 0.717) is 25.6 Å². The molecule has 1 saturated carbocycles. The number of halogens is 3. The molecule has 1 spiro atoms. The number of aromatic nitrogens is 1. The van der Waals surface area contributed by atoms with E-state index >= 15 is 0 Å². The summed E-state index contributed by atoms with van der Waals surface area (Å²) in [5, 5.41) is 7.12. The van der Waals surface area contributed by atoms with Gasteiger partial charge in [-0.25, -0.2) is 4.79 Å². The Morgan fingerprint density at radius 1 is 1.25 bits per heavy atom. The van der Waals surface area contributed by atoms with Crippen LogP contribution in [0.2, 0.25) is 0 Å². The Kier molecular flexibility index (Phi) is 7.94. The average molecular weight is 460 g/mol. The van der Waals surface area contributed by atoms with Gasteiger partial charge in [-0.1, -0.05) is 12.8 Å². The fraction of sp³-hybridized carbons (Fsp3) is 0.667. The Bertz CT molecular complexity index is 765. The number of ether oxygens (including phenoxy) is 3. The lowest BCUT2D eigenvalue weighted by molar-refractivity contribution is -0.192. The number of likely N-dealkylation sites (tertiary alicyclic amines) is 1. The first kappa shape index (κ1) is 24.2. The maximum Gasteiger partial charge on any atom is 0.490 e. The molecule has 11 heteroatoms. The van der Waals surface area contributed by atoms with Crippen LogP contribution in [0.3, 0.4) is 0 Å². The van der Waals surface area contributed by atoms with Gasteiger partial charge in [0.05, 0.1) is 32.0 Å². The number of alkyl halides is 3. The standard InChI is InChI=1S/C19H26N2O4.C2HF3O2/c22-18(12-24-16-4-1-2-5-16)21-13-19(14-21)15(7-9-25-19)11-23-17-6-3-8-20-10-17;3-2(4,5)1(6)7/h3,6,8,10,15-16H,1-2,4-5,7,9,11-14H2;(H,6,7). The molecule has 1 unspecified atom stereocenters. The summed E-state index contributed by atoms with van der Waals surface area (Å²) in [6.07, 6.45) is 4.25. The molecule has 3 heterocycles. The number of pyridine rings is 1. The molecular formula is C21H27F3N2O6. The minimum atomic E-state index is -5.08. The lowest BCUT2D eigenvalue weighted by atomic mass is 9.81. The van der Waals surface area contributed by atoms with Gasteiger partial charge < -0.3 is 24.2 Å². The maximum atomic E-state index is 12.3. The van der Waals surface area contributed by atoms with Gasteiger partial charge in [0, 0.05) is 18.7 Å². The Morgan fingerprint density at radius 2 is 1.94 bits per heavy atom. The van der Waals surface area contributed by atoms with E-state index in [1.165, 1.54) is 12.8 Å². The number of carboxylic acid groups (broad SMARTS) is 1. The molecule has 3 aliphatic rings. The van der Waals surface area contributed by atoms with Crippen LogP contribution in [0.1, 0.15) is 32.1 Å². The van der Waals surface area contributed by atoms with Crippen LogP contribution < -0.4 is 4.74 Å². The Labute approximate surface area is 183 Å². The molecule has 1 amide bonds. The highest BCUT2D eigenvalue weighted by Crippen LogP contribution is 2.40. The van der Waals surface area contributed by atoms with Crippen molar-refractivity contribution in [3.8, 4) is 5.75 Å². The lowest BCUT2D eigenvalue weighted by Crippen LogP contribution is -2.67. The van der Waals surface area contributed by atoms with Crippen LogP contribution in [0.15, 0.2) is 24.5 Å². The number of rotatable bonds is 6. The number of aliphatic carboxylic acids is 1. The zero-order chi connectivity index (χ0) is 23.2. The van der Waals surface area contributed by atoms with Crippen molar-refractivity contribution < 1.29 is 42.1 Å². The van der Waals surface area contributed by atoms with Crippen LogP contribution in [0.4, 0.5) is 13.2 Å². The molecule has 1 atom stereocenters. The molecule has 0 bridgehead atoms. The van der Waals surface area contributed by atoms with Crippen molar-refractivity contribution in [2.24, 2.45) is 5.92 Å². The molecule has 178 valence electrons. The van der Waals surface area contributed by atoms with Gasteiger partial charge in [-0.05, 0) is 31.4 Å². The molecule has 1 aliphatic carbocycles. The van der Waals surface area contributed by atoms with Crippen LogP contribution in [-0.2, 0) is 19.1 Å². The van der Waals surface area contributed by atoms with Crippen LogP contribution in [-0.4, -0.2) is 77.7 Å². The van der Waals surface area contributed by atoms with Crippen molar-refractivity contribution in [2.75, 3.05) is 32.9 Å². The molecule has 3 fully saturated rings. The van der Waals surface area contributed by atoms with Crippen molar-refractivity contribution in [3.63, 3.8) is 0 Å². The molecular weight excluding hydrogens is 433 g/mol. The topological polar surface area (TPSA) is 98.2 Å². The summed E-state index contributed by atoms with van der Waals surface area (Å²) in [6.45, 7) is 2.85. The van der Waals surface area contributed by atoms with Gasteiger partial charge in [-0.3, -0.25) is 9.78 Å². The minimum absolute atomic E-state index is 0.0833. The quantitative estimate of drug-likeness (QED) is 0.697. The first-order valence-corrected chi connectivity index (χ1v) is 10.6. The van der Waals surface area contributed by atoms with Crippen LogP contribution in [0, 0.1) is 5.92 Å². The van der Waals surface area contributed by atoms with Crippen molar-refractivity contribution in [1.82, 2.24) is 9.88 Å². The molecule has 0 radical (unpaired) electrons. The van der Waals surface area contributed by atoms with Crippen LogP contribution in [0.25, 0.3) is 0 Å². The summed E-state index contributed by atoms with van der Waals surface area (Å²) in [5.74, 6) is -1.58. The number of carbonyl (C=O) groups excluding carboxylic acids is 1. The summed E-state index contributed by atoms with van der Waals surface area (Å²) >= 11 is 0. The van der Waals surface area contributed by atoms with Gasteiger partial charge >= 0.3 is 12.1 Å². The summed E-state index contributed by atoms with van der Waals surface area (Å²) in [5.41, 5.74) is -0.231. The molecule has 4 rings (SSSR count). The molecule has 8 nitrogen and oxygen atoms in total. The third-order valence-corrected chi connectivity index (χ3v) is 5.94. The molecule has 1 aromatic heterocycles. The van der Waals surface area contributed by atoms with Gasteiger partial charge in [0.1, 0.15) is 18.0 Å². The van der Waals surface area contributed by atoms with Crippen LogP contribution in [0.5, 0.6) is 5.75 Å². The maximum absolute atomic E-state index is 12.3. The second-order valence-electron chi connectivity index (χ2n) is 8.17. The molecule has 2 aliphatic heterocycles. The monoisotopic (exact) mass is 460 g/mol. The molecule has 2 saturated heterocycles. The number of carboxylic acids is 1. The fourth-order valence-corrected chi connectivity index (χ4v) is 4.11. The van der Waals surface area contributed by atoms with E-state index < -0.39 is 12.1 Å². The van der Waals surface area contributed by atoms with Gasteiger partial charge in [0.15, 0.2) is 0 Å². The third kappa shape index (κ3) is 6.32. The largest absolute Gasteiger partial charge is 0.492 e. The van der Waals surface area contributed by atoms with Gasteiger partial charge in [-0.2, -0.15) is 13.2 Å².